The minimum Gasteiger partial charge on any atom is -0.507 e. The molecule has 7 nitrogen and oxygen atoms in total. The number of aryl methyl sites for hydroxylation is 1. The van der Waals surface area contributed by atoms with Crippen molar-refractivity contribution in [1.82, 2.24) is 14.8 Å². The van der Waals surface area contributed by atoms with Gasteiger partial charge in [0.2, 0.25) is 0 Å². The van der Waals surface area contributed by atoms with Gasteiger partial charge in [-0.3, -0.25) is 14.6 Å². The molecule has 1 atom stereocenters. The largest absolute Gasteiger partial charge is 0.507 e. The van der Waals surface area contributed by atoms with Gasteiger partial charge in [0.15, 0.2) is 0 Å². The predicted octanol–water partition coefficient (Wildman–Crippen LogP) is 3.55. The number of hydrogen-bond acceptors (Lipinski definition) is 6. The Labute approximate surface area is 189 Å². The Morgan fingerprint density at radius 2 is 2.03 bits per heavy atom. The first-order valence-corrected chi connectivity index (χ1v) is 10.9. The first kappa shape index (κ1) is 23.5. The maximum atomic E-state index is 13.0. The molecule has 2 heterocycles. The van der Waals surface area contributed by atoms with E-state index in [9.17, 15) is 14.7 Å². The summed E-state index contributed by atoms with van der Waals surface area (Å²) in [5.41, 5.74) is 2.10. The van der Waals surface area contributed by atoms with E-state index in [0.29, 0.717) is 30.8 Å². The number of aliphatic hydroxyl groups excluding tert-OH is 1. The summed E-state index contributed by atoms with van der Waals surface area (Å²) >= 11 is 0. The molecular formula is C25H31N3O4. The molecule has 32 heavy (non-hydrogen) atoms. The molecular weight excluding hydrogens is 406 g/mol. The van der Waals surface area contributed by atoms with E-state index in [0.717, 1.165) is 24.2 Å². The maximum absolute atomic E-state index is 13.0. The van der Waals surface area contributed by atoms with Crippen LogP contribution in [0.1, 0.15) is 42.5 Å². The van der Waals surface area contributed by atoms with Crippen LogP contribution in [0.4, 0.5) is 0 Å². The smallest absolute Gasteiger partial charge is 0.295 e. The van der Waals surface area contributed by atoms with E-state index in [4.69, 9.17) is 4.74 Å². The number of Topliss-reactive ketones (excluding diaryl/α,β-unsaturated/α-hetero) is 1. The molecule has 0 unspecified atom stereocenters. The number of unbranched alkanes of at least 4 members (excludes halogenated alkanes) is 1. The number of likely N-dealkylation sites (N-methyl/N-ethyl adjacent to an activating group) is 1. The highest BCUT2D eigenvalue weighted by molar-refractivity contribution is 6.46. The number of carbonyl (C=O) groups excluding carboxylic acids is 2. The average molecular weight is 438 g/mol. The molecule has 0 saturated carbocycles. The molecule has 1 aliphatic heterocycles. The molecule has 0 bridgehead atoms. The van der Waals surface area contributed by atoms with Gasteiger partial charge in [0.25, 0.3) is 11.7 Å². The fourth-order valence-electron chi connectivity index (χ4n) is 3.74. The zero-order valence-corrected chi connectivity index (χ0v) is 19.2. The van der Waals surface area contributed by atoms with Crippen LogP contribution in [0.5, 0.6) is 5.75 Å². The van der Waals surface area contributed by atoms with Crippen molar-refractivity contribution in [3.63, 3.8) is 0 Å². The van der Waals surface area contributed by atoms with Crippen molar-refractivity contribution in [2.45, 2.75) is 32.7 Å². The fourth-order valence-corrected chi connectivity index (χ4v) is 3.74. The van der Waals surface area contributed by atoms with E-state index in [1.165, 1.54) is 4.90 Å². The van der Waals surface area contributed by atoms with Crippen molar-refractivity contribution in [3.8, 4) is 5.75 Å². The Morgan fingerprint density at radius 3 is 2.66 bits per heavy atom. The molecule has 0 spiro atoms. The number of pyridine rings is 1. The summed E-state index contributed by atoms with van der Waals surface area (Å²) in [7, 11) is 3.81. The molecule has 0 radical (unpaired) electrons. The minimum atomic E-state index is -0.690. The minimum absolute atomic E-state index is 0.0841. The van der Waals surface area contributed by atoms with E-state index >= 15 is 0 Å². The first-order chi connectivity index (χ1) is 15.3. The number of amides is 1. The van der Waals surface area contributed by atoms with Gasteiger partial charge < -0.3 is 19.6 Å². The van der Waals surface area contributed by atoms with Gasteiger partial charge in [0.05, 0.1) is 18.2 Å². The van der Waals surface area contributed by atoms with Crippen LogP contribution in [0.15, 0.2) is 48.3 Å². The number of rotatable bonds is 9. The molecule has 7 heteroatoms. The zero-order valence-electron chi connectivity index (χ0n) is 19.2. The number of hydrogen-bond donors (Lipinski definition) is 1. The summed E-state index contributed by atoms with van der Waals surface area (Å²) in [6.45, 7) is 5.57. The molecule has 2 aromatic rings. The average Bonchev–Trinajstić information content (AvgIpc) is 3.03. The third kappa shape index (κ3) is 4.99. The van der Waals surface area contributed by atoms with Gasteiger partial charge in [-0.25, -0.2) is 0 Å². The van der Waals surface area contributed by atoms with E-state index in [2.05, 4.69) is 11.9 Å². The van der Waals surface area contributed by atoms with Crippen LogP contribution < -0.4 is 4.74 Å². The number of aliphatic hydroxyl groups is 1. The van der Waals surface area contributed by atoms with Gasteiger partial charge in [0, 0.05) is 31.0 Å². The number of ether oxygens (including phenoxy) is 1. The third-order valence-corrected chi connectivity index (χ3v) is 5.53. The summed E-state index contributed by atoms with van der Waals surface area (Å²) in [5.74, 6) is -0.743. The van der Waals surface area contributed by atoms with E-state index in [-0.39, 0.29) is 11.3 Å². The molecule has 170 valence electrons. The molecule has 1 fully saturated rings. The second kappa shape index (κ2) is 10.4. The van der Waals surface area contributed by atoms with Gasteiger partial charge in [0.1, 0.15) is 11.5 Å². The van der Waals surface area contributed by atoms with Crippen LogP contribution in [0.25, 0.3) is 5.76 Å². The molecule has 1 aromatic carbocycles. The van der Waals surface area contributed by atoms with Crippen molar-refractivity contribution in [2.75, 3.05) is 33.8 Å². The van der Waals surface area contributed by atoms with Crippen molar-refractivity contribution in [2.24, 2.45) is 0 Å². The van der Waals surface area contributed by atoms with E-state index in [1.807, 2.05) is 32.0 Å². The number of nitrogens with zero attached hydrogens (tertiary/aromatic N) is 3. The SMILES string of the molecule is CCCCOc1ccc(C(O)=C2C(=O)C(=O)N(CCN(C)C)[C@@H]2c2cccnc2)cc1C. The maximum Gasteiger partial charge on any atom is 0.295 e. The molecule has 1 saturated heterocycles. The van der Waals surface area contributed by atoms with Gasteiger partial charge in [-0.05, 0) is 62.8 Å². The van der Waals surface area contributed by atoms with Crippen LogP contribution in [-0.4, -0.2) is 65.4 Å². The lowest BCUT2D eigenvalue weighted by Crippen LogP contribution is -2.35. The molecule has 1 aromatic heterocycles. The first-order valence-electron chi connectivity index (χ1n) is 10.9. The monoisotopic (exact) mass is 437 g/mol. The Morgan fingerprint density at radius 1 is 1.25 bits per heavy atom. The van der Waals surface area contributed by atoms with Crippen LogP contribution in [-0.2, 0) is 9.59 Å². The van der Waals surface area contributed by atoms with Crippen LogP contribution >= 0.6 is 0 Å². The summed E-state index contributed by atoms with van der Waals surface area (Å²) < 4.78 is 5.80. The molecule has 1 aliphatic rings. The predicted molar refractivity (Wildman–Crippen MR) is 123 cm³/mol. The van der Waals surface area contributed by atoms with Crippen molar-refractivity contribution in [1.29, 1.82) is 0 Å². The van der Waals surface area contributed by atoms with Crippen LogP contribution in [0, 0.1) is 6.92 Å². The topological polar surface area (TPSA) is 83.0 Å². The highest BCUT2D eigenvalue weighted by Crippen LogP contribution is 2.39. The van der Waals surface area contributed by atoms with Crippen LogP contribution in [0.2, 0.25) is 0 Å². The highest BCUT2D eigenvalue weighted by atomic mass is 16.5. The summed E-state index contributed by atoms with van der Waals surface area (Å²) in [6.07, 6.45) is 5.27. The summed E-state index contributed by atoms with van der Waals surface area (Å²) in [5, 5.41) is 11.2. The summed E-state index contributed by atoms with van der Waals surface area (Å²) in [6, 6.07) is 8.18. The van der Waals surface area contributed by atoms with Crippen molar-refractivity contribution in [3.05, 3.63) is 65.0 Å². The lowest BCUT2D eigenvalue weighted by molar-refractivity contribution is -0.140. The second-order valence-corrected chi connectivity index (χ2v) is 8.26. The molecule has 1 amide bonds. The Hall–Kier alpha value is -3.19. The normalized spacial score (nSPS) is 17.9. The van der Waals surface area contributed by atoms with E-state index < -0.39 is 17.7 Å². The Kier molecular flexibility index (Phi) is 7.64. The van der Waals surface area contributed by atoms with E-state index in [1.54, 1.807) is 36.7 Å². The number of aromatic nitrogens is 1. The van der Waals surface area contributed by atoms with Crippen molar-refractivity contribution < 1.29 is 19.4 Å². The standard InChI is InChI=1S/C25H31N3O4/c1-5-6-14-32-20-10-9-18(15-17(20)2)23(29)21-22(19-8-7-11-26-16-19)28(13-12-27(3)4)25(31)24(21)30/h7-11,15-16,22,29H,5-6,12-14H2,1-4H3/t22-/m1/s1. The Bertz CT molecular complexity index is 1000. The Balaban J connectivity index is 2.03. The molecule has 3 rings (SSSR count). The second-order valence-electron chi connectivity index (χ2n) is 8.26. The molecule has 0 aliphatic carbocycles. The molecule has 1 N–H and O–H groups in total. The quantitative estimate of drug-likeness (QED) is 0.280. The number of benzene rings is 1. The highest BCUT2D eigenvalue weighted by Gasteiger charge is 2.46. The number of carbonyl (C=O) groups is 2. The lowest BCUT2D eigenvalue weighted by atomic mass is 9.95. The number of likely N-dealkylation sites (tertiary alicyclic amines) is 1. The van der Waals surface area contributed by atoms with Gasteiger partial charge in [-0.1, -0.05) is 19.4 Å². The van der Waals surface area contributed by atoms with Gasteiger partial charge in [-0.15, -0.1) is 0 Å². The van der Waals surface area contributed by atoms with Gasteiger partial charge >= 0.3 is 0 Å². The third-order valence-electron chi connectivity index (χ3n) is 5.53. The van der Waals surface area contributed by atoms with Crippen LogP contribution in [0.3, 0.4) is 0 Å². The van der Waals surface area contributed by atoms with Gasteiger partial charge in [-0.2, -0.15) is 0 Å². The summed E-state index contributed by atoms with van der Waals surface area (Å²) in [4.78, 5) is 33.5. The zero-order chi connectivity index (χ0) is 23.3. The fraction of sp³-hybridized carbons (Fsp3) is 0.400. The lowest BCUT2D eigenvalue weighted by Gasteiger charge is -2.26. The number of ketones is 1. The van der Waals surface area contributed by atoms with Crippen molar-refractivity contribution >= 4 is 17.4 Å².